The summed E-state index contributed by atoms with van der Waals surface area (Å²) in [6.07, 6.45) is 3.94. The molecule has 2 N–H and O–H groups in total. The molecule has 4 heteroatoms. The van der Waals surface area contributed by atoms with Crippen LogP contribution >= 0.6 is 11.6 Å². The maximum absolute atomic E-state index is 12.3. The predicted molar refractivity (Wildman–Crippen MR) is 92.0 cm³/mol. The quantitative estimate of drug-likeness (QED) is 0.833. The molecule has 1 aliphatic rings. The van der Waals surface area contributed by atoms with Crippen LogP contribution < -0.4 is 10.6 Å². The number of nitrogens with one attached hydrogen (secondary N) is 2. The lowest BCUT2D eigenvalue weighted by Gasteiger charge is -2.28. The first-order chi connectivity index (χ1) is 10.6. The van der Waals surface area contributed by atoms with E-state index in [2.05, 4.69) is 24.5 Å². The zero-order valence-electron chi connectivity index (χ0n) is 13.6. The van der Waals surface area contributed by atoms with Crippen LogP contribution in [0.3, 0.4) is 0 Å². The van der Waals surface area contributed by atoms with Gasteiger partial charge < -0.3 is 10.6 Å². The van der Waals surface area contributed by atoms with Gasteiger partial charge in [0.25, 0.3) is 0 Å². The van der Waals surface area contributed by atoms with E-state index in [0.717, 1.165) is 30.1 Å². The van der Waals surface area contributed by atoms with Crippen LogP contribution in [0, 0.1) is 11.8 Å². The smallest absolute Gasteiger partial charge is 0.220 e. The van der Waals surface area contributed by atoms with Crippen LogP contribution in [0.2, 0.25) is 5.02 Å². The Balaban J connectivity index is 1.87. The van der Waals surface area contributed by atoms with Crippen LogP contribution in [0.4, 0.5) is 0 Å². The highest BCUT2D eigenvalue weighted by molar-refractivity contribution is 6.30. The molecule has 2 rings (SSSR count). The first-order valence-electron chi connectivity index (χ1n) is 8.35. The van der Waals surface area contributed by atoms with Gasteiger partial charge >= 0.3 is 0 Å². The molecule has 0 radical (unpaired) electrons. The van der Waals surface area contributed by atoms with Crippen molar-refractivity contribution in [3.63, 3.8) is 0 Å². The first kappa shape index (κ1) is 17.3. The van der Waals surface area contributed by atoms with Crippen molar-refractivity contribution < 1.29 is 4.79 Å². The minimum Gasteiger partial charge on any atom is -0.349 e. The fraction of sp³-hybridized carbons (Fsp3) is 0.611. The van der Waals surface area contributed by atoms with Crippen LogP contribution in [-0.2, 0) is 4.79 Å². The maximum Gasteiger partial charge on any atom is 0.220 e. The third kappa shape index (κ3) is 4.99. The number of piperidine rings is 1. The van der Waals surface area contributed by atoms with E-state index in [1.165, 1.54) is 12.8 Å². The second-order valence-electron chi connectivity index (χ2n) is 6.37. The molecule has 0 spiro atoms. The summed E-state index contributed by atoms with van der Waals surface area (Å²) >= 11 is 5.93. The highest BCUT2D eigenvalue weighted by atomic mass is 35.5. The van der Waals surface area contributed by atoms with Gasteiger partial charge in [0.1, 0.15) is 0 Å². The van der Waals surface area contributed by atoms with Crippen LogP contribution in [0.25, 0.3) is 0 Å². The molecule has 3 unspecified atom stereocenters. The van der Waals surface area contributed by atoms with Crippen molar-refractivity contribution in [1.82, 2.24) is 10.6 Å². The van der Waals surface area contributed by atoms with Gasteiger partial charge in [-0.2, -0.15) is 0 Å². The average molecular weight is 323 g/mol. The largest absolute Gasteiger partial charge is 0.349 e. The summed E-state index contributed by atoms with van der Waals surface area (Å²) in [6, 6.07) is 7.81. The van der Waals surface area contributed by atoms with E-state index in [1.807, 2.05) is 24.3 Å². The fourth-order valence-corrected chi connectivity index (χ4v) is 3.32. The Bertz CT molecular complexity index is 468. The summed E-state index contributed by atoms with van der Waals surface area (Å²) in [5.41, 5.74) is 1.12. The molecular formula is C18H27ClN2O. The number of hydrogen-bond acceptors (Lipinski definition) is 2. The molecule has 1 aliphatic heterocycles. The van der Waals surface area contributed by atoms with Gasteiger partial charge in [-0.3, -0.25) is 4.79 Å². The Hall–Kier alpha value is -1.06. The third-order valence-electron chi connectivity index (χ3n) is 4.66. The van der Waals surface area contributed by atoms with Crippen LogP contribution in [0.1, 0.15) is 51.1 Å². The zero-order valence-corrected chi connectivity index (χ0v) is 14.3. The number of amides is 1. The van der Waals surface area contributed by atoms with E-state index in [0.29, 0.717) is 18.3 Å². The first-order valence-corrected chi connectivity index (χ1v) is 8.73. The maximum atomic E-state index is 12.3. The second kappa shape index (κ2) is 8.54. The highest BCUT2D eigenvalue weighted by Crippen LogP contribution is 2.24. The van der Waals surface area contributed by atoms with Gasteiger partial charge in [-0.15, -0.1) is 0 Å². The fourth-order valence-electron chi connectivity index (χ4n) is 3.19. The summed E-state index contributed by atoms with van der Waals surface area (Å²) in [6.45, 7) is 6.45. The van der Waals surface area contributed by atoms with Gasteiger partial charge in [-0.05, 0) is 61.9 Å². The van der Waals surface area contributed by atoms with Crippen molar-refractivity contribution in [3.05, 3.63) is 34.9 Å². The summed E-state index contributed by atoms with van der Waals surface area (Å²) in [5.74, 6) is 1.20. The van der Waals surface area contributed by atoms with E-state index >= 15 is 0 Å². The average Bonchev–Trinajstić information content (AvgIpc) is 2.54. The Kier molecular flexibility index (Phi) is 6.71. The predicted octanol–water partition coefficient (Wildman–Crippen LogP) is 3.93. The molecule has 1 fully saturated rings. The molecule has 122 valence electrons. The summed E-state index contributed by atoms with van der Waals surface area (Å²) in [5, 5.41) is 7.32. The van der Waals surface area contributed by atoms with E-state index < -0.39 is 0 Å². The topological polar surface area (TPSA) is 41.1 Å². The van der Waals surface area contributed by atoms with Crippen molar-refractivity contribution >= 4 is 17.5 Å². The van der Waals surface area contributed by atoms with Crippen molar-refractivity contribution in [3.8, 4) is 0 Å². The van der Waals surface area contributed by atoms with Gasteiger partial charge in [0.2, 0.25) is 5.91 Å². The Morgan fingerprint density at radius 3 is 2.73 bits per heavy atom. The SMILES string of the molecule is CCC(NC(=O)CC(C)C1CCCNC1)c1ccc(Cl)cc1. The van der Waals surface area contributed by atoms with E-state index in [9.17, 15) is 4.79 Å². The molecule has 0 aliphatic carbocycles. The molecule has 3 nitrogen and oxygen atoms in total. The van der Waals surface area contributed by atoms with Gasteiger partial charge in [0, 0.05) is 11.4 Å². The molecular weight excluding hydrogens is 296 g/mol. The molecule has 0 saturated carbocycles. The number of hydrogen-bond donors (Lipinski definition) is 2. The van der Waals surface area contributed by atoms with Crippen molar-refractivity contribution in [2.24, 2.45) is 11.8 Å². The standard InChI is InChI=1S/C18H27ClN2O/c1-3-17(14-6-8-16(19)9-7-14)21-18(22)11-13(2)15-5-4-10-20-12-15/h6-9,13,15,17,20H,3-5,10-12H2,1-2H3,(H,21,22). The second-order valence-corrected chi connectivity index (χ2v) is 6.80. The Morgan fingerprint density at radius 2 is 2.14 bits per heavy atom. The minimum absolute atomic E-state index is 0.0708. The van der Waals surface area contributed by atoms with E-state index in [1.54, 1.807) is 0 Å². The lowest BCUT2D eigenvalue weighted by Crippen LogP contribution is -2.36. The van der Waals surface area contributed by atoms with Crippen molar-refractivity contribution in [2.45, 2.75) is 45.6 Å². The molecule has 22 heavy (non-hydrogen) atoms. The van der Waals surface area contributed by atoms with Gasteiger partial charge in [0.15, 0.2) is 0 Å². The minimum atomic E-state index is 0.0708. The number of rotatable bonds is 6. The third-order valence-corrected chi connectivity index (χ3v) is 4.91. The van der Waals surface area contributed by atoms with Crippen LogP contribution in [-0.4, -0.2) is 19.0 Å². The summed E-state index contributed by atoms with van der Waals surface area (Å²) < 4.78 is 0. The lowest BCUT2D eigenvalue weighted by atomic mass is 9.85. The van der Waals surface area contributed by atoms with Gasteiger partial charge in [0.05, 0.1) is 6.04 Å². The molecule has 1 heterocycles. The van der Waals surface area contributed by atoms with Crippen molar-refractivity contribution in [1.29, 1.82) is 0 Å². The molecule has 0 aromatic heterocycles. The van der Waals surface area contributed by atoms with E-state index in [4.69, 9.17) is 11.6 Å². The lowest BCUT2D eigenvalue weighted by molar-refractivity contribution is -0.123. The van der Waals surface area contributed by atoms with Crippen LogP contribution in [0.5, 0.6) is 0 Å². The van der Waals surface area contributed by atoms with E-state index in [-0.39, 0.29) is 11.9 Å². The summed E-state index contributed by atoms with van der Waals surface area (Å²) in [7, 11) is 0. The molecule has 1 aromatic carbocycles. The number of halogens is 1. The van der Waals surface area contributed by atoms with Gasteiger partial charge in [-0.1, -0.05) is 37.6 Å². The monoisotopic (exact) mass is 322 g/mol. The molecule has 1 amide bonds. The molecule has 0 bridgehead atoms. The highest BCUT2D eigenvalue weighted by Gasteiger charge is 2.23. The Morgan fingerprint density at radius 1 is 1.41 bits per heavy atom. The van der Waals surface area contributed by atoms with Crippen LogP contribution in [0.15, 0.2) is 24.3 Å². The number of benzene rings is 1. The molecule has 3 atom stereocenters. The number of carbonyl (C=O) groups excluding carboxylic acids is 1. The van der Waals surface area contributed by atoms with Crippen molar-refractivity contribution in [2.75, 3.05) is 13.1 Å². The summed E-state index contributed by atoms with van der Waals surface area (Å²) in [4.78, 5) is 12.3. The zero-order chi connectivity index (χ0) is 15.9. The molecule has 1 aromatic rings. The van der Waals surface area contributed by atoms with Gasteiger partial charge in [-0.25, -0.2) is 0 Å². The Labute approximate surface area is 138 Å². The normalized spacial score (nSPS) is 21.1. The molecule has 1 saturated heterocycles. The number of carbonyl (C=O) groups is 1.